The van der Waals surface area contributed by atoms with Gasteiger partial charge in [0.2, 0.25) is 5.91 Å². The van der Waals surface area contributed by atoms with E-state index >= 15 is 0 Å². The molecule has 1 amide bonds. The van der Waals surface area contributed by atoms with Crippen LogP contribution in [-0.2, 0) is 4.79 Å². The van der Waals surface area contributed by atoms with Crippen LogP contribution in [0, 0.1) is 11.3 Å². The summed E-state index contributed by atoms with van der Waals surface area (Å²) < 4.78 is 0. The van der Waals surface area contributed by atoms with Crippen molar-refractivity contribution in [3.05, 3.63) is 66.2 Å². The van der Waals surface area contributed by atoms with Crippen LogP contribution in [0.4, 0.5) is 17.1 Å². The number of hydrogen-bond acceptors (Lipinski definition) is 7. The van der Waals surface area contributed by atoms with Gasteiger partial charge in [-0.25, -0.2) is 10.4 Å². The zero-order valence-electron chi connectivity index (χ0n) is 14.1. The van der Waals surface area contributed by atoms with Crippen LogP contribution in [0.25, 0.3) is 11.1 Å². The zero-order valence-corrected chi connectivity index (χ0v) is 14.1. The Hall–Kier alpha value is -3.96. The highest BCUT2D eigenvalue weighted by Crippen LogP contribution is 2.33. The van der Waals surface area contributed by atoms with Gasteiger partial charge in [0.05, 0.1) is 23.3 Å². The number of carbonyl (C=O) groups is 1. The summed E-state index contributed by atoms with van der Waals surface area (Å²) in [4.78, 5) is 20.8. The SMILES string of the molecule is N#Cc1ccc(NC(=O)C2NNc3ccc(-c4cncc(N)c4)cc32)cn1. The monoisotopic (exact) mass is 357 g/mol. The number of nitrogens with zero attached hydrogens (tertiary/aromatic N) is 3. The molecule has 1 aliphatic rings. The first kappa shape index (κ1) is 16.5. The lowest BCUT2D eigenvalue weighted by molar-refractivity contribution is -0.118. The second kappa shape index (κ2) is 6.74. The van der Waals surface area contributed by atoms with Crippen LogP contribution >= 0.6 is 0 Å². The fourth-order valence-corrected chi connectivity index (χ4v) is 2.89. The van der Waals surface area contributed by atoms with Crippen LogP contribution < -0.4 is 21.9 Å². The van der Waals surface area contributed by atoms with Gasteiger partial charge in [0, 0.05) is 23.5 Å². The Morgan fingerprint density at radius 2 is 2.04 bits per heavy atom. The van der Waals surface area contributed by atoms with E-state index in [-0.39, 0.29) is 5.91 Å². The first-order valence-electron chi connectivity index (χ1n) is 8.17. The average Bonchev–Trinajstić information content (AvgIpc) is 3.12. The van der Waals surface area contributed by atoms with E-state index in [2.05, 4.69) is 26.1 Å². The molecule has 3 aromatic rings. The van der Waals surface area contributed by atoms with E-state index in [9.17, 15) is 4.79 Å². The molecule has 27 heavy (non-hydrogen) atoms. The molecule has 2 aromatic heterocycles. The number of carbonyl (C=O) groups excluding carboxylic acids is 1. The van der Waals surface area contributed by atoms with Crippen molar-refractivity contribution in [1.82, 2.24) is 15.4 Å². The van der Waals surface area contributed by atoms with Crippen molar-refractivity contribution >= 4 is 23.0 Å². The molecule has 0 fully saturated rings. The highest BCUT2D eigenvalue weighted by atomic mass is 16.2. The van der Waals surface area contributed by atoms with Crippen molar-refractivity contribution in [1.29, 1.82) is 5.26 Å². The summed E-state index contributed by atoms with van der Waals surface area (Å²) in [7, 11) is 0. The molecule has 1 aliphatic heterocycles. The van der Waals surface area contributed by atoms with E-state index in [4.69, 9.17) is 11.0 Å². The minimum atomic E-state index is -0.579. The van der Waals surface area contributed by atoms with E-state index in [0.29, 0.717) is 17.1 Å². The molecule has 0 radical (unpaired) electrons. The summed E-state index contributed by atoms with van der Waals surface area (Å²) in [6.45, 7) is 0. The number of amides is 1. The normalized spacial score (nSPS) is 14.7. The van der Waals surface area contributed by atoms with Crippen molar-refractivity contribution in [3.8, 4) is 17.2 Å². The summed E-state index contributed by atoms with van der Waals surface area (Å²) in [5.74, 6) is -0.240. The Labute approximate surface area is 155 Å². The number of nitriles is 1. The standard InChI is InChI=1S/C19H15N7O/c20-7-14-2-3-15(10-23-14)24-19(27)18-16-6-11(1-4-17(16)25-26-18)12-5-13(21)9-22-8-12/h1-6,8-10,18,25-26H,21H2,(H,24,27). The van der Waals surface area contributed by atoms with Gasteiger partial charge in [-0.1, -0.05) is 6.07 Å². The molecule has 1 atom stereocenters. The van der Waals surface area contributed by atoms with E-state index in [0.717, 1.165) is 22.4 Å². The Bertz CT molecular complexity index is 1060. The van der Waals surface area contributed by atoms with Crippen LogP contribution in [0.5, 0.6) is 0 Å². The maximum absolute atomic E-state index is 12.7. The summed E-state index contributed by atoms with van der Waals surface area (Å²) in [5, 5.41) is 11.6. The van der Waals surface area contributed by atoms with Crippen LogP contribution in [0.2, 0.25) is 0 Å². The largest absolute Gasteiger partial charge is 0.397 e. The molecule has 0 spiro atoms. The summed E-state index contributed by atoms with van der Waals surface area (Å²) in [5.41, 5.74) is 16.6. The number of rotatable bonds is 3. The molecule has 8 heteroatoms. The maximum atomic E-state index is 12.7. The minimum absolute atomic E-state index is 0.240. The Morgan fingerprint density at radius 1 is 1.15 bits per heavy atom. The van der Waals surface area contributed by atoms with Gasteiger partial charge in [-0.05, 0) is 35.9 Å². The number of hydrazine groups is 1. The highest BCUT2D eigenvalue weighted by molar-refractivity contribution is 5.97. The summed E-state index contributed by atoms with van der Waals surface area (Å²) in [6, 6.07) is 12.2. The number of fused-ring (bicyclic) bond motifs is 1. The predicted octanol–water partition coefficient (Wildman–Crippen LogP) is 2.21. The van der Waals surface area contributed by atoms with Gasteiger partial charge in [0.15, 0.2) is 0 Å². The first-order valence-corrected chi connectivity index (χ1v) is 8.17. The number of nitrogen functional groups attached to an aromatic ring is 1. The third-order valence-corrected chi connectivity index (χ3v) is 4.21. The van der Waals surface area contributed by atoms with Gasteiger partial charge >= 0.3 is 0 Å². The molecule has 8 nitrogen and oxygen atoms in total. The number of aromatic nitrogens is 2. The van der Waals surface area contributed by atoms with Crippen molar-refractivity contribution < 1.29 is 4.79 Å². The highest BCUT2D eigenvalue weighted by Gasteiger charge is 2.28. The molecular weight excluding hydrogens is 342 g/mol. The molecule has 1 unspecified atom stereocenters. The van der Waals surface area contributed by atoms with Crippen LogP contribution in [0.3, 0.4) is 0 Å². The topological polar surface area (TPSA) is 129 Å². The molecule has 1 aromatic carbocycles. The number of nitrogens with two attached hydrogens (primary N) is 1. The fourth-order valence-electron chi connectivity index (χ4n) is 2.89. The van der Waals surface area contributed by atoms with Crippen LogP contribution in [0.1, 0.15) is 17.3 Å². The van der Waals surface area contributed by atoms with Gasteiger partial charge in [0.1, 0.15) is 17.8 Å². The van der Waals surface area contributed by atoms with Crippen LogP contribution in [0.15, 0.2) is 55.0 Å². The van der Waals surface area contributed by atoms with Crippen molar-refractivity contribution in [2.75, 3.05) is 16.5 Å². The lowest BCUT2D eigenvalue weighted by Crippen LogP contribution is -2.30. The average molecular weight is 357 g/mol. The minimum Gasteiger partial charge on any atom is -0.397 e. The van der Waals surface area contributed by atoms with Gasteiger partial charge in [0.25, 0.3) is 0 Å². The Kier molecular flexibility index (Phi) is 4.12. The molecule has 0 aliphatic carbocycles. The summed E-state index contributed by atoms with van der Waals surface area (Å²) >= 11 is 0. The zero-order chi connectivity index (χ0) is 18.8. The molecule has 4 rings (SSSR count). The second-order valence-corrected chi connectivity index (χ2v) is 6.04. The van der Waals surface area contributed by atoms with E-state index in [1.807, 2.05) is 30.3 Å². The van der Waals surface area contributed by atoms with Gasteiger partial charge in [-0.3, -0.25) is 9.78 Å². The third-order valence-electron chi connectivity index (χ3n) is 4.21. The Balaban J connectivity index is 1.59. The van der Waals surface area contributed by atoms with Gasteiger partial charge in [-0.15, -0.1) is 0 Å². The Morgan fingerprint density at radius 3 is 2.78 bits per heavy atom. The molecule has 0 bridgehead atoms. The van der Waals surface area contributed by atoms with Gasteiger partial charge < -0.3 is 16.5 Å². The lowest BCUT2D eigenvalue weighted by Gasteiger charge is -2.12. The predicted molar refractivity (Wildman–Crippen MR) is 101 cm³/mol. The van der Waals surface area contributed by atoms with Crippen molar-refractivity contribution in [2.45, 2.75) is 6.04 Å². The second-order valence-electron chi connectivity index (χ2n) is 6.04. The lowest BCUT2D eigenvalue weighted by atomic mass is 9.99. The van der Waals surface area contributed by atoms with Gasteiger partial charge in [-0.2, -0.15) is 5.26 Å². The fraction of sp³-hybridized carbons (Fsp3) is 0.0526. The first-order chi connectivity index (χ1) is 13.1. The maximum Gasteiger partial charge on any atom is 0.248 e. The van der Waals surface area contributed by atoms with E-state index < -0.39 is 6.04 Å². The van der Waals surface area contributed by atoms with Crippen molar-refractivity contribution in [3.63, 3.8) is 0 Å². The van der Waals surface area contributed by atoms with E-state index in [1.54, 1.807) is 24.5 Å². The number of anilines is 3. The number of nitrogens with one attached hydrogen (secondary N) is 3. The van der Waals surface area contributed by atoms with Crippen molar-refractivity contribution in [2.24, 2.45) is 0 Å². The quantitative estimate of drug-likeness (QED) is 0.565. The molecule has 5 N–H and O–H groups in total. The van der Waals surface area contributed by atoms with E-state index in [1.165, 1.54) is 6.20 Å². The smallest absolute Gasteiger partial charge is 0.248 e. The third kappa shape index (κ3) is 3.27. The molecule has 0 saturated carbocycles. The molecular formula is C19H15N7O. The molecule has 3 heterocycles. The number of benzene rings is 1. The molecule has 0 saturated heterocycles. The summed E-state index contributed by atoms with van der Waals surface area (Å²) in [6.07, 6.45) is 4.77. The molecule has 132 valence electrons. The number of pyridine rings is 2. The van der Waals surface area contributed by atoms with Crippen LogP contribution in [-0.4, -0.2) is 15.9 Å². The number of hydrogen-bond donors (Lipinski definition) is 4.